The molecular weight excluding hydrogens is 302 g/mol. The fourth-order valence-corrected chi connectivity index (χ4v) is 3.06. The van der Waals surface area contributed by atoms with Gasteiger partial charge in [-0.05, 0) is 47.4 Å². The topological polar surface area (TPSA) is 21.3 Å². The van der Waals surface area contributed by atoms with Crippen molar-refractivity contribution in [2.45, 2.75) is 18.9 Å². The monoisotopic (exact) mass is 317 g/mol. The minimum atomic E-state index is 0.264. The lowest BCUT2D eigenvalue weighted by atomic mass is 9.89. The van der Waals surface area contributed by atoms with Crippen LogP contribution in [0.3, 0.4) is 0 Å². The Kier molecular flexibility index (Phi) is 4.86. The van der Waals surface area contributed by atoms with Crippen molar-refractivity contribution in [2.24, 2.45) is 5.92 Å². The first kappa shape index (κ1) is 13.3. The maximum Gasteiger partial charge on any atom is 0.0595 e. The number of hydrogen-bond donors (Lipinski definition) is 1. The zero-order chi connectivity index (χ0) is 12.3. The maximum atomic E-state index is 6.36. The van der Waals surface area contributed by atoms with Crippen LogP contribution in [0.2, 0.25) is 5.02 Å². The van der Waals surface area contributed by atoms with Crippen molar-refractivity contribution in [3.8, 4) is 0 Å². The van der Waals surface area contributed by atoms with Crippen molar-refractivity contribution >= 4 is 27.5 Å². The Morgan fingerprint density at radius 3 is 3.00 bits per heavy atom. The molecule has 0 aliphatic carbocycles. The van der Waals surface area contributed by atoms with E-state index in [-0.39, 0.29) is 6.04 Å². The Hall–Kier alpha value is -0.0900. The summed E-state index contributed by atoms with van der Waals surface area (Å²) in [4.78, 5) is 0. The van der Waals surface area contributed by atoms with Crippen LogP contribution >= 0.6 is 27.5 Å². The first-order valence-electron chi connectivity index (χ1n) is 5.93. The molecule has 2 nitrogen and oxygen atoms in total. The van der Waals surface area contributed by atoms with Gasteiger partial charge in [-0.2, -0.15) is 0 Å². The number of rotatable bonds is 3. The molecule has 1 aliphatic heterocycles. The Balaban J connectivity index is 2.24. The summed E-state index contributed by atoms with van der Waals surface area (Å²) in [5.74, 6) is 0.501. The van der Waals surface area contributed by atoms with Crippen molar-refractivity contribution in [3.05, 3.63) is 33.3 Å². The molecule has 94 valence electrons. The summed E-state index contributed by atoms with van der Waals surface area (Å²) in [5.41, 5.74) is 1.15. The molecule has 0 radical (unpaired) electrons. The van der Waals surface area contributed by atoms with E-state index < -0.39 is 0 Å². The molecule has 4 heteroatoms. The van der Waals surface area contributed by atoms with Gasteiger partial charge in [0.05, 0.1) is 11.6 Å². The lowest BCUT2D eigenvalue weighted by Gasteiger charge is -2.31. The first-order chi connectivity index (χ1) is 8.24. The van der Waals surface area contributed by atoms with Crippen molar-refractivity contribution in [1.82, 2.24) is 5.32 Å². The number of ether oxygens (including phenoxy) is 1. The molecule has 2 rings (SSSR count). The predicted molar refractivity (Wildman–Crippen MR) is 74.5 cm³/mol. The average Bonchev–Trinajstić information content (AvgIpc) is 2.37. The van der Waals surface area contributed by atoms with Crippen LogP contribution in [-0.4, -0.2) is 20.3 Å². The number of hydrogen-bond acceptors (Lipinski definition) is 2. The fraction of sp³-hybridized carbons (Fsp3) is 0.538. The Morgan fingerprint density at radius 1 is 1.53 bits per heavy atom. The van der Waals surface area contributed by atoms with E-state index in [1.807, 2.05) is 19.2 Å². The molecule has 2 atom stereocenters. The van der Waals surface area contributed by atoms with Crippen LogP contribution < -0.4 is 5.32 Å². The summed E-state index contributed by atoms with van der Waals surface area (Å²) in [5, 5.41) is 4.17. The zero-order valence-electron chi connectivity index (χ0n) is 9.88. The van der Waals surface area contributed by atoms with Gasteiger partial charge in [-0.1, -0.05) is 23.7 Å². The second-order valence-electron chi connectivity index (χ2n) is 4.39. The third kappa shape index (κ3) is 3.02. The molecule has 0 aromatic heterocycles. The Bertz CT molecular complexity index is 380. The van der Waals surface area contributed by atoms with Crippen LogP contribution in [0.1, 0.15) is 24.4 Å². The molecule has 0 amide bonds. The van der Waals surface area contributed by atoms with Gasteiger partial charge in [0.1, 0.15) is 0 Å². The lowest BCUT2D eigenvalue weighted by molar-refractivity contribution is 0.0402. The second kappa shape index (κ2) is 6.19. The third-order valence-electron chi connectivity index (χ3n) is 3.29. The quantitative estimate of drug-likeness (QED) is 0.915. The summed E-state index contributed by atoms with van der Waals surface area (Å²) in [7, 11) is 1.98. The van der Waals surface area contributed by atoms with E-state index in [0.717, 1.165) is 34.7 Å². The minimum Gasteiger partial charge on any atom is -0.381 e. The zero-order valence-corrected chi connectivity index (χ0v) is 12.2. The number of nitrogens with one attached hydrogen (secondary N) is 1. The lowest BCUT2D eigenvalue weighted by Crippen LogP contribution is -2.31. The van der Waals surface area contributed by atoms with E-state index in [1.54, 1.807) is 0 Å². The van der Waals surface area contributed by atoms with Crippen LogP contribution in [0.4, 0.5) is 0 Å². The van der Waals surface area contributed by atoms with Crippen molar-refractivity contribution in [3.63, 3.8) is 0 Å². The Labute approximate surface area is 116 Å². The van der Waals surface area contributed by atoms with Gasteiger partial charge in [0.15, 0.2) is 0 Å². The summed E-state index contributed by atoms with van der Waals surface area (Å²) < 4.78 is 6.51. The fourth-order valence-electron chi connectivity index (χ4n) is 2.43. The normalized spacial score (nSPS) is 22.4. The molecule has 1 aliphatic rings. The van der Waals surface area contributed by atoms with Crippen LogP contribution in [-0.2, 0) is 4.74 Å². The minimum absolute atomic E-state index is 0.264. The van der Waals surface area contributed by atoms with Gasteiger partial charge in [-0.3, -0.25) is 0 Å². The first-order valence-corrected chi connectivity index (χ1v) is 7.10. The molecule has 1 fully saturated rings. The van der Waals surface area contributed by atoms with Gasteiger partial charge < -0.3 is 10.1 Å². The summed E-state index contributed by atoms with van der Waals surface area (Å²) >= 11 is 9.83. The second-order valence-corrected chi connectivity index (χ2v) is 5.62. The van der Waals surface area contributed by atoms with Crippen molar-refractivity contribution < 1.29 is 4.74 Å². The van der Waals surface area contributed by atoms with E-state index in [9.17, 15) is 0 Å². The highest BCUT2D eigenvalue weighted by Crippen LogP contribution is 2.35. The molecule has 1 aromatic carbocycles. The molecule has 0 bridgehead atoms. The molecule has 0 spiro atoms. The Morgan fingerprint density at radius 2 is 2.35 bits per heavy atom. The molecule has 0 saturated carbocycles. The van der Waals surface area contributed by atoms with E-state index in [1.165, 1.54) is 6.42 Å². The van der Waals surface area contributed by atoms with Gasteiger partial charge in [0.25, 0.3) is 0 Å². The van der Waals surface area contributed by atoms with E-state index >= 15 is 0 Å². The van der Waals surface area contributed by atoms with E-state index in [2.05, 4.69) is 27.3 Å². The van der Waals surface area contributed by atoms with Gasteiger partial charge in [0, 0.05) is 23.0 Å². The van der Waals surface area contributed by atoms with E-state index in [0.29, 0.717) is 5.92 Å². The SMILES string of the molecule is CNC(c1cccc(Br)c1Cl)C1CCCOC1. The summed E-state index contributed by atoms with van der Waals surface area (Å²) in [6.07, 6.45) is 2.32. The number of benzene rings is 1. The average molecular weight is 319 g/mol. The number of halogens is 2. The standard InChI is InChI=1S/C13H17BrClNO/c1-16-13(9-4-3-7-17-8-9)10-5-2-6-11(14)12(10)15/h2,5-6,9,13,16H,3-4,7-8H2,1H3. The summed E-state index contributed by atoms with van der Waals surface area (Å²) in [6, 6.07) is 6.35. The molecular formula is C13H17BrClNO. The molecule has 1 aromatic rings. The molecule has 1 heterocycles. The largest absolute Gasteiger partial charge is 0.381 e. The predicted octanol–water partition coefficient (Wildman–Crippen LogP) is 3.79. The maximum absolute atomic E-state index is 6.36. The van der Waals surface area contributed by atoms with Crippen molar-refractivity contribution in [2.75, 3.05) is 20.3 Å². The third-order valence-corrected chi connectivity index (χ3v) is 4.61. The molecule has 17 heavy (non-hydrogen) atoms. The van der Waals surface area contributed by atoms with Gasteiger partial charge in [-0.25, -0.2) is 0 Å². The van der Waals surface area contributed by atoms with Crippen LogP contribution in [0.5, 0.6) is 0 Å². The van der Waals surface area contributed by atoms with Gasteiger partial charge in [-0.15, -0.1) is 0 Å². The van der Waals surface area contributed by atoms with Crippen LogP contribution in [0, 0.1) is 5.92 Å². The smallest absolute Gasteiger partial charge is 0.0595 e. The van der Waals surface area contributed by atoms with Crippen LogP contribution in [0.25, 0.3) is 0 Å². The highest BCUT2D eigenvalue weighted by atomic mass is 79.9. The molecule has 1 saturated heterocycles. The highest BCUT2D eigenvalue weighted by Gasteiger charge is 2.26. The highest BCUT2D eigenvalue weighted by molar-refractivity contribution is 9.10. The van der Waals surface area contributed by atoms with Gasteiger partial charge >= 0.3 is 0 Å². The molecule has 1 N–H and O–H groups in total. The summed E-state index contributed by atoms with van der Waals surface area (Å²) in [6.45, 7) is 1.70. The van der Waals surface area contributed by atoms with Crippen molar-refractivity contribution in [1.29, 1.82) is 0 Å². The molecule has 2 unspecified atom stereocenters. The van der Waals surface area contributed by atoms with Crippen LogP contribution in [0.15, 0.2) is 22.7 Å². The van der Waals surface area contributed by atoms with Gasteiger partial charge in [0.2, 0.25) is 0 Å². The van der Waals surface area contributed by atoms with E-state index in [4.69, 9.17) is 16.3 Å².